The van der Waals surface area contributed by atoms with Crippen molar-refractivity contribution >= 4 is 17.4 Å². The number of hydrogen-bond donors (Lipinski definition) is 1. The predicted octanol–water partition coefficient (Wildman–Crippen LogP) is 4.73. The van der Waals surface area contributed by atoms with Crippen LogP contribution in [-0.2, 0) is 20.9 Å². The standard InChI is InChI=1S/C29H29NO6/c1-34-17-9-16-30-26(21-12-8-13-22(18-21)36-19-20-10-4-3-5-11-20)25(28(32)29(30)33)27(31)23-14-6-7-15-24(23)35-2/h3-8,10-15,18,26,31H,9,16-17,19H2,1-2H3/b27-25-. The maximum atomic E-state index is 13.2. The lowest BCUT2D eigenvalue weighted by molar-refractivity contribution is -0.140. The fraction of sp³-hybridized carbons (Fsp3) is 0.241. The van der Waals surface area contributed by atoms with Crippen LogP contribution in [0.2, 0.25) is 0 Å². The largest absolute Gasteiger partial charge is 0.507 e. The first kappa shape index (κ1) is 25.0. The molecule has 0 spiro atoms. The van der Waals surface area contributed by atoms with Gasteiger partial charge in [-0.25, -0.2) is 0 Å². The first-order chi connectivity index (χ1) is 17.5. The van der Waals surface area contributed by atoms with Gasteiger partial charge in [0.15, 0.2) is 0 Å². The molecule has 4 rings (SSSR count). The molecule has 0 radical (unpaired) electrons. The summed E-state index contributed by atoms with van der Waals surface area (Å²) in [5.74, 6) is -0.685. The van der Waals surface area contributed by atoms with Crippen molar-refractivity contribution in [1.29, 1.82) is 0 Å². The van der Waals surface area contributed by atoms with E-state index < -0.39 is 17.7 Å². The summed E-state index contributed by atoms with van der Waals surface area (Å²) in [5.41, 5.74) is 2.04. The van der Waals surface area contributed by atoms with Crippen LogP contribution in [-0.4, -0.2) is 49.1 Å². The van der Waals surface area contributed by atoms with Gasteiger partial charge in [0.1, 0.15) is 23.9 Å². The molecule has 7 nitrogen and oxygen atoms in total. The van der Waals surface area contributed by atoms with Crippen LogP contribution >= 0.6 is 0 Å². The molecule has 0 aromatic heterocycles. The molecular formula is C29H29NO6. The van der Waals surface area contributed by atoms with Crippen LogP contribution in [0.5, 0.6) is 11.5 Å². The second-order valence-corrected chi connectivity index (χ2v) is 8.39. The van der Waals surface area contributed by atoms with Crippen LogP contribution in [0.3, 0.4) is 0 Å². The van der Waals surface area contributed by atoms with Crippen molar-refractivity contribution in [2.45, 2.75) is 19.1 Å². The summed E-state index contributed by atoms with van der Waals surface area (Å²) < 4.78 is 16.5. The molecule has 1 aliphatic rings. The number of rotatable bonds is 10. The fourth-order valence-electron chi connectivity index (χ4n) is 4.34. The molecule has 1 unspecified atom stereocenters. The van der Waals surface area contributed by atoms with Crippen molar-refractivity contribution in [1.82, 2.24) is 4.90 Å². The highest BCUT2D eigenvalue weighted by atomic mass is 16.5. The van der Waals surface area contributed by atoms with E-state index in [1.165, 1.54) is 12.0 Å². The van der Waals surface area contributed by atoms with Crippen LogP contribution in [0, 0.1) is 0 Å². The molecule has 0 bridgehead atoms. The summed E-state index contributed by atoms with van der Waals surface area (Å²) in [6.45, 7) is 1.10. The Hall–Kier alpha value is -4.10. The second-order valence-electron chi connectivity index (χ2n) is 8.39. The second kappa shape index (κ2) is 11.6. The number of benzene rings is 3. The van der Waals surface area contributed by atoms with E-state index in [9.17, 15) is 14.7 Å². The Kier molecular flexibility index (Phi) is 8.02. The molecule has 1 heterocycles. The third-order valence-corrected chi connectivity index (χ3v) is 6.07. The zero-order valence-corrected chi connectivity index (χ0v) is 20.3. The van der Waals surface area contributed by atoms with Gasteiger partial charge in [0.2, 0.25) is 0 Å². The number of para-hydroxylation sites is 1. The molecule has 3 aromatic carbocycles. The van der Waals surface area contributed by atoms with Crippen LogP contribution < -0.4 is 9.47 Å². The lowest BCUT2D eigenvalue weighted by atomic mass is 9.94. The Morgan fingerprint density at radius 3 is 2.44 bits per heavy atom. The van der Waals surface area contributed by atoms with E-state index in [1.807, 2.05) is 48.5 Å². The van der Waals surface area contributed by atoms with Crippen molar-refractivity contribution in [2.24, 2.45) is 0 Å². The number of ketones is 1. The summed E-state index contributed by atoms with van der Waals surface area (Å²) in [6.07, 6.45) is 0.541. The number of carbonyl (C=O) groups is 2. The lowest BCUT2D eigenvalue weighted by Gasteiger charge is -2.25. The fourth-order valence-corrected chi connectivity index (χ4v) is 4.34. The average Bonchev–Trinajstić information content (AvgIpc) is 3.17. The van der Waals surface area contributed by atoms with Crippen LogP contribution in [0.4, 0.5) is 0 Å². The SMILES string of the molecule is COCCCN1C(=O)C(=O)/C(=C(\O)c2ccccc2OC)C1c1cccc(OCc2ccccc2)c1. The minimum absolute atomic E-state index is 0.0159. The first-order valence-corrected chi connectivity index (χ1v) is 11.7. The molecule has 3 aromatic rings. The summed E-state index contributed by atoms with van der Waals surface area (Å²) in [6, 6.07) is 23.1. The normalized spacial score (nSPS) is 16.8. The van der Waals surface area contributed by atoms with E-state index in [0.29, 0.717) is 48.8 Å². The predicted molar refractivity (Wildman–Crippen MR) is 136 cm³/mol. The Morgan fingerprint density at radius 2 is 1.69 bits per heavy atom. The van der Waals surface area contributed by atoms with Crippen molar-refractivity contribution < 1.29 is 28.9 Å². The third kappa shape index (κ3) is 5.26. The van der Waals surface area contributed by atoms with E-state index in [1.54, 1.807) is 37.4 Å². The summed E-state index contributed by atoms with van der Waals surface area (Å²) in [7, 11) is 3.07. The number of hydrogen-bond acceptors (Lipinski definition) is 6. The van der Waals surface area contributed by atoms with Gasteiger partial charge in [-0.05, 0) is 41.8 Å². The van der Waals surface area contributed by atoms with Crippen molar-refractivity contribution in [2.75, 3.05) is 27.4 Å². The minimum atomic E-state index is -0.785. The Labute approximate surface area is 210 Å². The van der Waals surface area contributed by atoms with Gasteiger partial charge < -0.3 is 24.2 Å². The highest BCUT2D eigenvalue weighted by Gasteiger charge is 2.46. The summed E-state index contributed by atoms with van der Waals surface area (Å²) in [5, 5.41) is 11.3. The van der Waals surface area contributed by atoms with Crippen LogP contribution in [0.15, 0.2) is 84.4 Å². The van der Waals surface area contributed by atoms with E-state index in [2.05, 4.69) is 0 Å². The van der Waals surface area contributed by atoms with Gasteiger partial charge in [-0.3, -0.25) is 9.59 Å². The van der Waals surface area contributed by atoms with Gasteiger partial charge in [-0.2, -0.15) is 0 Å². The van der Waals surface area contributed by atoms with Gasteiger partial charge in [0.25, 0.3) is 11.7 Å². The topological polar surface area (TPSA) is 85.3 Å². The maximum Gasteiger partial charge on any atom is 0.295 e. The van der Waals surface area contributed by atoms with Crippen LogP contribution in [0.1, 0.15) is 29.2 Å². The molecule has 186 valence electrons. The number of carbonyl (C=O) groups excluding carboxylic acids is 2. The first-order valence-electron chi connectivity index (χ1n) is 11.7. The zero-order valence-electron chi connectivity index (χ0n) is 20.3. The molecule has 1 amide bonds. The van der Waals surface area contributed by atoms with Gasteiger partial charge in [-0.15, -0.1) is 0 Å². The molecule has 0 saturated carbocycles. The highest BCUT2D eigenvalue weighted by Crippen LogP contribution is 2.41. The number of aliphatic hydroxyl groups excluding tert-OH is 1. The molecule has 1 N–H and O–H groups in total. The number of nitrogens with zero attached hydrogens (tertiary/aromatic N) is 1. The van der Waals surface area contributed by atoms with Gasteiger partial charge >= 0.3 is 0 Å². The number of amides is 1. The van der Waals surface area contributed by atoms with Gasteiger partial charge in [0, 0.05) is 20.3 Å². The molecule has 7 heteroatoms. The third-order valence-electron chi connectivity index (χ3n) is 6.07. The Balaban J connectivity index is 1.75. The maximum absolute atomic E-state index is 13.2. The number of likely N-dealkylation sites (tertiary alicyclic amines) is 1. The highest BCUT2D eigenvalue weighted by molar-refractivity contribution is 6.46. The van der Waals surface area contributed by atoms with Crippen LogP contribution in [0.25, 0.3) is 5.76 Å². The monoisotopic (exact) mass is 487 g/mol. The number of aliphatic hydroxyl groups is 1. The van der Waals surface area contributed by atoms with Crippen molar-refractivity contribution in [3.8, 4) is 11.5 Å². The van der Waals surface area contributed by atoms with E-state index in [-0.39, 0.29) is 11.3 Å². The van der Waals surface area contributed by atoms with E-state index in [4.69, 9.17) is 14.2 Å². The molecule has 0 aliphatic carbocycles. The van der Waals surface area contributed by atoms with E-state index >= 15 is 0 Å². The van der Waals surface area contributed by atoms with Crippen molar-refractivity contribution in [3.63, 3.8) is 0 Å². The number of Topliss-reactive ketones (excluding diaryl/α,β-unsaturated/α-hetero) is 1. The Bertz CT molecular complexity index is 1250. The molecule has 1 aliphatic heterocycles. The molecule has 1 fully saturated rings. The smallest absolute Gasteiger partial charge is 0.295 e. The lowest BCUT2D eigenvalue weighted by Crippen LogP contribution is -2.31. The summed E-state index contributed by atoms with van der Waals surface area (Å²) in [4.78, 5) is 27.8. The minimum Gasteiger partial charge on any atom is -0.507 e. The van der Waals surface area contributed by atoms with Gasteiger partial charge in [-0.1, -0.05) is 54.6 Å². The van der Waals surface area contributed by atoms with E-state index in [0.717, 1.165) is 5.56 Å². The number of methoxy groups -OCH3 is 2. The molecular weight excluding hydrogens is 458 g/mol. The van der Waals surface area contributed by atoms with Gasteiger partial charge in [0.05, 0.1) is 24.3 Å². The quantitative estimate of drug-likeness (QED) is 0.193. The molecule has 1 saturated heterocycles. The molecule has 36 heavy (non-hydrogen) atoms. The molecule has 1 atom stereocenters. The average molecular weight is 488 g/mol. The van der Waals surface area contributed by atoms with Crippen molar-refractivity contribution in [3.05, 3.63) is 101 Å². The number of ether oxygens (including phenoxy) is 3. The zero-order chi connectivity index (χ0) is 25.5. The Morgan fingerprint density at radius 1 is 0.944 bits per heavy atom. The summed E-state index contributed by atoms with van der Waals surface area (Å²) >= 11 is 0.